The molecule has 1 aromatic carbocycles. The van der Waals surface area contributed by atoms with Crippen molar-refractivity contribution < 1.29 is 14.4 Å². The van der Waals surface area contributed by atoms with E-state index in [2.05, 4.69) is 53.1 Å². The van der Waals surface area contributed by atoms with Crippen molar-refractivity contribution in [3.8, 4) is 5.75 Å². The number of benzene rings is 1. The molecule has 0 aliphatic carbocycles. The molecule has 0 unspecified atom stereocenters. The third kappa shape index (κ3) is 6.42. The van der Waals surface area contributed by atoms with Gasteiger partial charge in [0, 0.05) is 12.4 Å². The minimum atomic E-state index is 0.0658. The van der Waals surface area contributed by atoms with E-state index in [4.69, 9.17) is 4.74 Å². The van der Waals surface area contributed by atoms with Crippen LogP contribution in [0.1, 0.15) is 26.3 Å². The Morgan fingerprint density at radius 1 is 1.14 bits per heavy atom. The van der Waals surface area contributed by atoms with Crippen LogP contribution in [-0.2, 0) is 10.2 Å². The molecule has 0 spiro atoms. The molecule has 2 heterocycles. The molecule has 1 fully saturated rings. The van der Waals surface area contributed by atoms with Gasteiger partial charge < -0.3 is 19.9 Å². The molecule has 29 heavy (non-hydrogen) atoms. The number of aromatic nitrogens is 2. The molecule has 2 N–H and O–H groups in total. The monoisotopic (exact) mass is 398 g/mol. The highest BCUT2D eigenvalue weighted by molar-refractivity contribution is 5.76. The number of nitrogens with zero attached hydrogens (tertiary/aromatic N) is 3. The van der Waals surface area contributed by atoms with E-state index in [1.807, 2.05) is 18.2 Å². The summed E-state index contributed by atoms with van der Waals surface area (Å²) in [5, 5.41) is 2.96. The molecule has 0 saturated carbocycles. The predicted octanol–water partition coefficient (Wildman–Crippen LogP) is 0.674. The summed E-state index contributed by atoms with van der Waals surface area (Å²) in [5.74, 6) is 1.66. The minimum Gasteiger partial charge on any atom is -0.492 e. The Morgan fingerprint density at radius 2 is 1.79 bits per heavy atom. The fourth-order valence-electron chi connectivity index (χ4n) is 3.35. The van der Waals surface area contributed by atoms with E-state index in [9.17, 15) is 4.79 Å². The standard InChI is InChI=1S/C22H31N5O2/c1-22(2,3)18-5-7-19(8-6-18)29-16-11-23-20(28)17-26-12-14-27(15-13-26)21-24-9-4-10-25-21/h4-10H,11-17H2,1-3H3,(H,23,28)/p+1. The number of hydrogen-bond acceptors (Lipinski definition) is 5. The lowest BCUT2D eigenvalue weighted by atomic mass is 9.87. The van der Waals surface area contributed by atoms with Crippen molar-refractivity contribution in [3.63, 3.8) is 0 Å². The Balaban J connectivity index is 1.31. The van der Waals surface area contributed by atoms with Crippen molar-refractivity contribution in [2.24, 2.45) is 0 Å². The number of carbonyl (C=O) groups is 1. The number of rotatable bonds is 7. The zero-order valence-electron chi connectivity index (χ0n) is 17.6. The Labute approximate surface area is 173 Å². The van der Waals surface area contributed by atoms with E-state index in [1.165, 1.54) is 10.5 Å². The highest BCUT2D eigenvalue weighted by Gasteiger charge is 2.23. The van der Waals surface area contributed by atoms with Crippen molar-refractivity contribution in [3.05, 3.63) is 48.3 Å². The Morgan fingerprint density at radius 3 is 2.41 bits per heavy atom. The molecule has 156 valence electrons. The van der Waals surface area contributed by atoms with Crippen molar-refractivity contribution in [2.45, 2.75) is 26.2 Å². The van der Waals surface area contributed by atoms with Gasteiger partial charge in [0.25, 0.3) is 5.91 Å². The highest BCUT2D eigenvalue weighted by Crippen LogP contribution is 2.24. The van der Waals surface area contributed by atoms with Crippen LogP contribution in [0.5, 0.6) is 5.75 Å². The van der Waals surface area contributed by atoms with E-state index in [1.54, 1.807) is 12.4 Å². The summed E-state index contributed by atoms with van der Waals surface area (Å²) in [6.07, 6.45) is 3.52. The van der Waals surface area contributed by atoms with E-state index in [0.29, 0.717) is 19.7 Å². The van der Waals surface area contributed by atoms with Gasteiger partial charge in [-0.25, -0.2) is 9.97 Å². The first-order chi connectivity index (χ1) is 13.9. The molecular formula is C22H32N5O2+. The summed E-state index contributed by atoms with van der Waals surface area (Å²) in [4.78, 5) is 24.2. The van der Waals surface area contributed by atoms with Gasteiger partial charge in [-0.3, -0.25) is 4.79 Å². The van der Waals surface area contributed by atoms with Crippen LogP contribution in [0.3, 0.4) is 0 Å². The molecule has 3 rings (SSSR count). The number of nitrogens with one attached hydrogen (secondary N) is 2. The van der Waals surface area contributed by atoms with E-state index in [0.717, 1.165) is 37.9 Å². The number of hydrogen-bond donors (Lipinski definition) is 2. The largest absolute Gasteiger partial charge is 0.492 e. The van der Waals surface area contributed by atoms with Crippen molar-refractivity contribution in [2.75, 3.05) is 50.8 Å². The van der Waals surface area contributed by atoms with Gasteiger partial charge in [0.1, 0.15) is 12.4 Å². The van der Waals surface area contributed by atoms with Crippen LogP contribution in [0.4, 0.5) is 5.95 Å². The van der Waals surface area contributed by atoms with Gasteiger partial charge in [-0.15, -0.1) is 0 Å². The van der Waals surface area contributed by atoms with Crippen LogP contribution in [0.25, 0.3) is 0 Å². The molecular weight excluding hydrogens is 366 g/mol. The lowest BCUT2D eigenvalue weighted by Crippen LogP contribution is -3.16. The molecule has 1 saturated heterocycles. The van der Waals surface area contributed by atoms with Gasteiger partial charge in [0.05, 0.1) is 32.7 Å². The number of amides is 1. The number of piperazine rings is 1. The van der Waals surface area contributed by atoms with Gasteiger partial charge in [-0.05, 0) is 29.2 Å². The van der Waals surface area contributed by atoms with Crippen LogP contribution >= 0.6 is 0 Å². The van der Waals surface area contributed by atoms with E-state index in [-0.39, 0.29) is 11.3 Å². The van der Waals surface area contributed by atoms with Gasteiger partial charge in [0.2, 0.25) is 5.95 Å². The first kappa shape index (κ1) is 21.0. The van der Waals surface area contributed by atoms with Crippen LogP contribution in [0.15, 0.2) is 42.7 Å². The summed E-state index contributed by atoms with van der Waals surface area (Å²) >= 11 is 0. The molecule has 0 radical (unpaired) electrons. The number of carbonyl (C=O) groups excluding carboxylic acids is 1. The molecule has 0 bridgehead atoms. The van der Waals surface area contributed by atoms with Crippen molar-refractivity contribution in [1.29, 1.82) is 0 Å². The average molecular weight is 399 g/mol. The first-order valence-corrected chi connectivity index (χ1v) is 10.3. The quantitative estimate of drug-likeness (QED) is 0.671. The third-order valence-electron chi connectivity index (χ3n) is 5.13. The number of ether oxygens (including phenoxy) is 1. The molecule has 1 aliphatic rings. The highest BCUT2D eigenvalue weighted by atomic mass is 16.5. The van der Waals surface area contributed by atoms with Gasteiger partial charge in [0.15, 0.2) is 6.54 Å². The summed E-state index contributed by atoms with van der Waals surface area (Å²) in [6, 6.07) is 9.99. The topological polar surface area (TPSA) is 71.8 Å². The Bertz CT molecular complexity index is 766. The Kier molecular flexibility index (Phi) is 7.04. The third-order valence-corrected chi connectivity index (χ3v) is 5.13. The lowest BCUT2D eigenvalue weighted by Gasteiger charge is -2.31. The van der Waals surface area contributed by atoms with Gasteiger partial charge >= 0.3 is 0 Å². The summed E-state index contributed by atoms with van der Waals surface area (Å²) < 4.78 is 5.74. The second kappa shape index (κ2) is 9.69. The minimum absolute atomic E-state index is 0.0658. The molecule has 1 aliphatic heterocycles. The molecule has 2 aromatic rings. The molecule has 7 heteroatoms. The molecule has 0 atom stereocenters. The fraction of sp³-hybridized carbons (Fsp3) is 0.500. The first-order valence-electron chi connectivity index (χ1n) is 10.3. The lowest BCUT2D eigenvalue weighted by molar-refractivity contribution is -0.892. The maximum absolute atomic E-state index is 12.2. The summed E-state index contributed by atoms with van der Waals surface area (Å²) in [6.45, 7) is 11.6. The van der Waals surface area contributed by atoms with Crippen LogP contribution in [-0.4, -0.2) is 61.8 Å². The predicted molar refractivity (Wildman–Crippen MR) is 113 cm³/mol. The SMILES string of the molecule is CC(C)(C)c1ccc(OCCNC(=O)C[NH+]2CCN(c3ncccn3)CC2)cc1. The smallest absolute Gasteiger partial charge is 0.275 e. The number of quaternary nitrogens is 1. The zero-order valence-corrected chi connectivity index (χ0v) is 17.6. The average Bonchev–Trinajstić information content (AvgIpc) is 2.72. The van der Waals surface area contributed by atoms with Gasteiger partial charge in [-0.1, -0.05) is 32.9 Å². The van der Waals surface area contributed by atoms with E-state index >= 15 is 0 Å². The molecule has 1 amide bonds. The maximum Gasteiger partial charge on any atom is 0.275 e. The maximum atomic E-state index is 12.2. The summed E-state index contributed by atoms with van der Waals surface area (Å²) in [7, 11) is 0. The van der Waals surface area contributed by atoms with Crippen LogP contribution in [0.2, 0.25) is 0 Å². The van der Waals surface area contributed by atoms with Gasteiger partial charge in [-0.2, -0.15) is 0 Å². The second-order valence-corrected chi connectivity index (χ2v) is 8.44. The Hall–Kier alpha value is -2.67. The molecule has 1 aromatic heterocycles. The fourth-order valence-corrected chi connectivity index (χ4v) is 3.35. The van der Waals surface area contributed by atoms with Crippen molar-refractivity contribution in [1.82, 2.24) is 15.3 Å². The number of anilines is 1. The van der Waals surface area contributed by atoms with Crippen molar-refractivity contribution >= 4 is 11.9 Å². The van der Waals surface area contributed by atoms with Crippen LogP contribution < -0.4 is 19.9 Å². The molecule has 7 nitrogen and oxygen atoms in total. The van der Waals surface area contributed by atoms with E-state index < -0.39 is 0 Å². The summed E-state index contributed by atoms with van der Waals surface area (Å²) in [5.41, 5.74) is 1.41. The normalized spacial score (nSPS) is 15.2. The second-order valence-electron chi connectivity index (χ2n) is 8.44. The zero-order chi connectivity index (χ0) is 20.7. The van der Waals surface area contributed by atoms with Crippen LogP contribution in [0, 0.1) is 0 Å².